The van der Waals surface area contributed by atoms with E-state index in [0.717, 1.165) is 23.0 Å². The highest BCUT2D eigenvalue weighted by atomic mass is 32.1. The van der Waals surface area contributed by atoms with Crippen LogP contribution in [0.2, 0.25) is 0 Å². The standard InChI is InChI=1S/C18H20N4OS/c1-22(2)18-21-13-16(24-18)12-19-11-14-7-6-10-20-17(14)23-15-8-4-3-5-9-15/h3-10,13,19H,11-12H2,1-2H3. The molecular formula is C18H20N4OS. The summed E-state index contributed by atoms with van der Waals surface area (Å²) in [6.45, 7) is 1.45. The van der Waals surface area contributed by atoms with Crippen molar-refractivity contribution in [3.8, 4) is 11.6 Å². The zero-order valence-corrected chi connectivity index (χ0v) is 14.6. The lowest BCUT2D eigenvalue weighted by Crippen LogP contribution is -2.12. The van der Waals surface area contributed by atoms with Gasteiger partial charge in [-0.3, -0.25) is 0 Å². The number of nitrogens with zero attached hydrogens (tertiary/aromatic N) is 3. The minimum atomic E-state index is 0.634. The number of rotatable bonds is 7. The van der Waals surface area contributed by atoms with E-state index < -0.39 is 0 Å². The van der Waals surface area contributed by atoms with Gasteiger partial charge in [-0.1, -0.05) is 24.3 Å². The molecule has 3 rings (SSSR count). The van der Waals surface area contributed by atoms with Crippen LogP contribution in [-0.2, 0) is 13.1 Å². The average Bonchev–Trinajstić information content (AvgIpc) is 3.07. The van der Waals surface area contributed by atoms with Gasteiger partial charge in [-0.05, 0) is 18.2 Å². The van der Waals surface area contributed by atoms with Gasteiger partial charge >= 0.3 is 0 Å². The highest BCUT2D eigenvalue weighted by Gasteiger charge is 2.07. The van der Waals surface area contributed by atoms with Gasteiger partial charge in [0.2, 0.25) is 5.88 Å². The first-order chi connectivity index (χ1) is 11.7. The Balaban J connectivity index is 1.60. The van der Waals surface area contributed by atoms with Crippen molar-refractivity contribution in [2.45, 2.75) is 13.1 Å². The monoisotopic (exact) mass is 340 g/mol. The van der Waals surface area contributed by atoms with Crippen LogP contribution < -0.4 is 15.0 Å². The maximum Gasteiger partial charge on any atom is 0.223 e. The molecule has 124 valence electrons. The third-order valence-electron chi connectivity index (χ3n) is 3.35. The first-order valence-corrected chi connectivity index (χ1v) is 8.53. The number of anilines is 1. The quantitative estimate of drug-likeness (QED) is 0.711. The number of para-hydroxylation sites is 1. The Kier molecular flexibility index (Phi) is 5.40. The number of pyridine rings is 1. The fourth-order valence-corrected chi connectivity index (χ4v) is 2.96. The van der Waals surface area contributed by atoms with E-state index in [1.807, 2.05) is 67.7 Å². The molecular weight excluding hydrogens is 320 g/mol. The summed E-state index contributed by atoms with van der Waals surface area (Å²) in [4.78, 5) is 11.9. The van der Waals surface area contributed by atoms with E-state index in [0.29, 0.717) is 12.4 Å². The van der Waals surface area contributed by atoms with Crippen molar-refractivity contribution >= 4 is 16.5 Å². The van der Waals surface area contributed by atoms with E-state index in [1.165, 1.54) is 4.88 Å². The molecule has 0 saturated carbocycles. The molecule has 0 spiro atoms. The Bertz CT molecular complexity index is 773. The molecule has 5 nitrogen and oxygen atoms in total. The molecule has 0 aliphatic rings. The van der Waals surface area contributed by atoms with Gasteiger partial charge in [-0.15, -0.1) is 11.3 Å². The molecule has 0 radical (unpaired) electrons. The number of benzene rings is 1. The smallest absolute Gasteiger partial charge is 0.223 e. The summed E-state index contributed by atoms with van der Waals surface area (Å²) in [5.41, 5.74) is 1.03. The van der Waals surface area contributed by atoms with Crippen LogP contribution in [0.5, 0.6) is 11.6 Å². The van der Waals surface area contributed by atoms with E-state index in [4.69, 9.17) is 4.74 Å². The van der Waals surface area contributed by atoms with Gasteiger partial charge in [-0.25, -0.2) is 9.97 Å². The molecule has 24 heavy (non-hydrogen) atoms. The largest absolute Gasteiger partial charge is 0.439 e. The molecule has 6 heteroatoms. The molecule has 1 N–H and O–H groups in total. The second-order valence-electron chi connectivity index (χ2n) is 5.49. The molecule has 1 aromatic carbocycles. The predicted octanol–water partition coefficient (Wildman–Crippen LogP) is 3.69. The Morgan fingerprint density at radius 3 is 2.62 bits per heavy atom. The van der Waals surface area contributed by atoms with Crippen LogP contribution in [0.1, 0.15) is 10.4 Å². The topological polar surface area (TPSA) is 50.3 Å². The molecule has 0 saturated heterocycles. The summed E-state index contributed by atoms with van der Waals surface area (Å²) in [5, 5.41) is 4.44. The zero-order chi connectivity index (χ0) is 16.8. The van der Waals surface area contributed by atoms with Gasteiger partial charge in [0.15, 0.2) is 5.13 Å². The van der Waals surface area contributed by atoms with Crippen LogP contribution in [0.25, 0.3) is 0 Å². The lowest BCUT2D eigenvalue weighted by atomic mass is 10.2. The number of ether oxygens (including phenoxy) is 1. The van der Waals surface area contributed by atoms with E-state index in [2.05, 4.69) is 15.3 Å². The fraction of sp³-hybridized carbons (Fsp3) is 0.222. The summed E-state index contributed by atoms with van der Waals surface area (Å²) in [6.07, 6.45) is 3.66. The second kappa shape index (κ2) is 7.90. The zero-order valence-electron chi connectivity index (χ0n) is 13.8. The Morgan fingerprint density at radius 2 is 1.88 bits per heavy atom. The number of hydrogen-bond donors (Lipinski definition) is 1. The van der Waals surface area contributed by atoms with Crippen molar-refractivity contribution in [2.75, 3.05) is 19.0 Å². The molecule has 0 unspecified atom stereocenters. The third-order valence-corrected chi connectivity index (χ3v) is 4.51. The van der Waals surface area contributed by atoms with Crippen molar-refractivity contribution in [3.05, 3.63) is 65.3 Å². The lowest BCUT2D eigenvalue weighted by Gasteiger charge is -2.10. The second-order valence-corrected chi connectivity index (χ2v) is 6.58. The summed E-state index contributed by atoms with van der Waals surface area (Å²) in [7, 11) is 4.00. The van der Waals surface area contributed by atoms with Crippen molar-refractivity contribution < 1.29 is 4.74 Å². The molecule has 0 amide bonds. The van der Waals surface area contributed by atoms with Gasteiger partial charge in [0.05, 0.1) is 0 Å². The maximum atomic E-state index is 5.88. The minimum absolute atomic E-state index is 0.634. The summed E-state index contributed by atoms with van der Waals surface area (Å²) in [6, 6.07) is 13.6. The molecule has 0 aliphatic carbocycles. The first-order valence-electron chi connectivity index (χ1n) is 7.72. The minimum Gasteiger partial charge on any atom is -0.439 e. The van der Waals surface area contributed by atoms with Crippen molar-refractivity contribution in [1.82, 2.24) is 15.3 Å². The van der Waals surface area contributed by atoms with Crippen LogP contribution in [0.15, 0.2) is 54.9 Å². The molecule has 0 fully saturated rings. The Morgan fingerprint density at radius 1 is 1.04 bits per heavy atom. The van der Waals surface area contributed by atoms with E-state index in [1.54, 1.807) is 17.5 Å². The van der Waals surface area contributed by atoms with Gasteiger partial charge < -0.3 is 15.0 Å². The van der Waals surface area contributed by atoms with Gasteiger partial charge in [-0.2, -0.15) is 0 Å². The number of aromatic nitrogens is 2. The summed E-state index contributed by atoms with van der Waals surface area (Å²) < 4.78 is 5.88. The van der Waals surface area contributed by atoms with Crippen molar-refractivity contribution in [2.24, 2.45) is 0 Å². The highest BCUT2D eigenvalue weighted by molar-refractivity contribution is 7.15. The number of hydrogen-bond acceptors (Lipinski definition) is 6. The van der Waals surface area contributed by atoms with Crippen LogP contribution in [0.3, 0.4) is 0 Å². The van der Waals surface area contributed by atoms with Gasteiger partial charge in [0.25, 0.3) is 0 Å². The van der Waals surface area contributed by atoms with Gasteiger partial charge in [0.1, 0.15) is 5.75 Å². The molecule has 0 atom stereocenters. The normalized spacial score (nSPS) is 10.6. The van der Waals surface area contributed by atoms with Crippen molar-refractivity contribution in [1.29, 1.82) is 0 Å². The third kappa shape index (κ3) is 4.31. The van der Waals surface area contributed by atoms with Crippen LogP contribution >= 0.6 is 11.3 Å². The highest BCUT2D eigenvalue weighted by Crippen LogP contribution is 2.23. The predicted molar refractivity (Wildman–Crippen MR) is 97.7 cm³/mol. The number of nitrogens with one attached hydrogen (secondary N) is 1. The van der Waals surface area contributed by atoms with Crippen LogP contribution in [-0.4, -0.2) is 24.1 Å². The van der Waals surface area contributed by atoms with Gasteiger partial charge in [0, 0.05) is 50.0 Å². The van der Waals surface area contributed by atoms with Crippen molar-refractivity contribution in [3.63, 3.8) is 0 Å². The molecule has 3 aromatic rings. The van der Waals surface area contributed by atoms with Crippen LogP contribution in [0, 0.1) is 0 Å². The summed E-state index contributed by atoms with van der Waals surface area (Å²) in [5.74, 6) is 1.42. The Labute approximate surface area is 146 Å². The van der Waals surface area contributed by atoms with E-state index in [9.17, 15) is 0 Å². The fourth-order valence-electron chi connectivity index (χ4n) is 2.16. The average molecular weight is 340 g/mol. The van der Waals surface area contributed by atoms with Crippen LogP contribution in [0.4, 0.5) is 5.13 Å². The first kappa shape index (κ1) is 16.4. The lowest BCUT2D eigenvalue weighted by molar-refractivity contribution is 0.453. The molecule has 0 aliphatic heterocycles. The molecule has 2 aromatic heterocycles. The number of thiazole rings is 1. The molecule has 0 bridgehead atoms. The SMILES string of the molecule is CN(C)c1ncc(CNCc2cccnc2Oc2ccccc2)s1. The summed E-state index contributed by atoms with van der Waals surface area (Å²) >= 11 is 1.69. The molecule has 2 heterocycles. The van der Waals surface area contributed by atoms with E-state index >= 15 is 0 Å². The van der Waals surface area contributed by atoms with E-state index in [-0.39, 0.29) is 0 Å². The Hall–Kier alpha value is -2.44. The maximum absolute atomic E-state index is 5.88.